The van der Waals surface area contributed by atoms with Crippen LogP contribution in [0.1, 0.15) is 11.5 Å². The molecule has 0 bridgehead atoms. The number of hydrogen-bond donors (Lipinski definition) is 1. The highest BCUT2D eigenvalue weighted by Crippen LogP contribution is 2.17. The van der Waals surface area contributed by atoms with Gasteiger partial charge in [-0.1, -0.05) is 28.9 Å². The Morgan fingerprint density at radius 2 is 2.11 bits per heavy atom. The minimum Gasteiger partial charge on any atom is -0.338 e. The summed E-state index contributed by atoms with van der Waals surface area (Å²) in [6.07, 6.45) is -4.25. The standard InChI is InChI=1S/C12H12F3N3O/c1-8-3-2-4-9(5-8)11-17-10(19-18-11)6-16-7-12(13,14)15/h2-5,16H,6-7H2,1H3. The van der Waals surface area contributed by atoms with E-state index in [9.17, 15) is 13.2 Å². The fraction of sp³-hybridized carbons (Fsp3) is 0.333. The Bertz CT molecular complexity index is 551. The zero-order valence-corrected chi connectivity index (χ0v) is 10.2. The van der Waals surface area contributed by atoms with Gasteiger partial charge in [0.25, 0.3) is 0 Å². The lowest BCUT2D eigenvalue weighted by atomic mass is 10.1. The highest BCUT2D eigenvalue weighted by Gasteiger charge is 2.26. The summed E-state index contributed by atoms with van der Waals surface area (Å²) in [7, 11) is 0. The fourth-order valence-electron chi connectivity index (χ4n) is 1.54. The van der Waals surface area contributed by atoms with Gasteiger partial charge in [0.15, 0.2) is 0 Å². The molecule has 19 heavy (non-hydrogen) atoms. The van der Waals surface area contributed by atoms with Gasteiger partial charge in [0.2, 0.25) is 11.7 Å². The Hall–Kier alpha value is -1.89. The Morgan fingerprint density at radius 3 is 2.79 bits per heavy atom. The van der Waals surface area contributed by atoms with Crippen molar-refractivity contribution in [2.75, 3.05) is 6.54 Å². The number of rotatable bonds is 4. The number of aryl methyl sites for hydroxylation is 1. The second kappa shape index (κ2) is 5.40. The molecule has 0 unspecified atom stereocenters. The molecular weight excluding hydrogens is 259 g/mol. The summed E-state index contributed by atoms with van der Waals surface area (Å²) in [6, 6.07) is 7.46. The quantitative estimate of drug-likeness (QED) is 0.928. The van der Waals surface area contributed by atoms with Gasteiger partial charge in [0.1, 0.15) is 0 Å². The van der Waals surface area contributed by atoms with E-state index >= 15 is 0 Å². The first-order valence-electron chi connectivity index (χ1n) is 5.61. The monoisotopic (exact) mass is 271 g/mol. The van der Waals surface area contributed by atoms with Gasteiger partial charge >= 0.3 is 6.18 Å². The molecule has 0 saturated heterocycles. The Morgan fingerprint density at radius 1 is 1.32 bits per heavy atom. The van der Waals surface area contributed by atoms with Crippen LogP contribution in [-0.2, 0) is 6.54 Å². The largest absolute Gasteiger partial charge is 0.401 e. The van der Waals surface area contributed by atoms with Crippen molar-refractivity contribution >= 4 is 0 Å². The average molecular weight is 271 g/mol. The van der Waals surface area contributed by atoms with Crippen molar-refractivity contribution in [1.82, 2.24) is 15.5 Å². The maximum atomic E-state index is 11.9. The maximum absolute atomic E-state index is 11.9. The smallest absolute Gasteiger partial charge is 0.338 e. The molecular formula is C12H12F3N3O. The zero-order valence-electron chi connectivity index (χ0n) is 10.2. The number of alkyl halides is 3. The SMILES string of the molecule is Cc1cccc(-c2noc(CNCC(F)(F)F)n2)c1. The maximum Gasteiger partial charge on any atom is 0.401 e. The third-order valence-electron chi connectivity index (χ3n) is 2.35. The minimum atomic E-state index is -4.25. The molecule has 0 amide bonds. The van der Waals surface area contributed by atoms with Gasteiger partial charge in [-0.15, -0.1) is 0 Å². The van der Waals surface area contributed by atoms with Gasteiger partial charge in [0, 0.05) is 5.56 Å². The van der Waals surface area contributed by atoms with Gasteiger partial charge in [0.05, 0.1) is 13.1 Å². The van der Waals surface area contributed by atoms with Crippen LogP contribution in [0.3, 0.4) is 0 Å². The van der Waals surface area contributed by atoms with Crippen LogP contribution in [-0.4, -0.2) is 22.9 Å². The van der Waals surface area contributed by atoms with Gasteiger partial charge in [-0.2, -0.15) is 18.2 Å². The summed E-state index contributed by atoms with van der Waals surface area (Å²) < 4.78 is 40.7. The van der Waals surface area contributed by atoms with Crippen molar-refractivity contribution in [3.05, 3.63) is 35.7 Å². The van der Waals surface area contributed by atoms with Crippen LogP contribution in [0.2, 0.25) is 0 Å². The summed E-state index contributed by atoms with van der Waals surface area (Å²) in [5.41, 5.74) is 1.81. The molecule has 0 aliphatic carbocycles. The Labute approximate surface area is 107 Å². The highest BCUT2D eigenvalue weighted by molar-refractivity contribution is 5.55. The van der Waals surface area contributed by atoms with Crippen LogP contribution in [0.15, 0.2) is 28.8 Å². The first-order chi connectivity index (χ1) is 8.94. The van der Waals surface area contributed by atoms with Crippen molar-refractivity contribution in [1.29, 1.82) is 0 Å². The first kappa shape index (κ1) is 13.5. The molecule has 0 saturated carbocycles. The van der Waals surface area contributed by atoms with E-state index < -0.39 is 12.7 Å². The molecule has 102 valence electrons. The van der Waals surface area contributed by atoms with Crippen LogP contribution in [0.25, 0.3) is 11.4 Å². The predicted octanol–water partition coefficient (Wildman–Crippen LogP) is 2.70. The molecule has 0 atom stereocenters. The van der Waals surface area contributed by atoms with Crippen molar-refractivity contribution in [3.8, 4) is 11.4 Å². The van der Waals surface area contributed by atoms with E-state index in [4.69, 9.17) is 4.52 Å². The third kappa shape index (κ3) is 4.06. The summed E-state index contributed by atoms with van der Waals surface area (Å²) in [5.74, 6) is 0.494. The molecule has 1 heterocycles. The predicted molar refractivity (Wildman–Crippen MR) is 62.2 cm³/mol. The molecule has 0 fully saturated rings. The third-order valence-corrected chi connectivity index (χ3v) is 2.35. The number of hydrogen-bond acceptors (Lipinski definition) is 4. The van der Waals surface area contributed by atoms with Crippen molar-refractivity contribution in [3.63, 3.8) is 0 Å². The Balaban J connectivity index is 1.99. The lowest BCUT2D eigenvalue weighted by Gasteiger charge is -2.05. The minimum absolute atomic E-state index is 0.113. The zero-order chi connectivity index (χ0) is 13.9. The lowest BCUT2D eigenvalue weighted by molar-refractivity contribution is -0.125. The van der Waals surface area contributed by atoms with Crippen LogP contribution >= 0.6 is 0 Å². The normalized spacial score (nSPS) is 11.8. The van der Waals surface area contributed by atoms with Gasteiger partial charge in [-0.25, -0.2) is 0 Å². The van der Waals surface area contributed by atoms with Crippen LogP contribution in [0.5, 0.6) is 0 Å². The molecule has 1 aromatic carbocycles. The van der Waals surface area contributed by atoms with E-state index in [-0.39, 0.29) is 12.4 Å². The topological polar surface area (TPSA) is 51.0 Å². The molecule has 1 N–H and O–H groups in total. The molecule has 7 heteroatoms. The van der Waals surface area contributed by atoms with Crippen LogP contribution in [0, 0.1) is 6.92 Å². The van der Waals surface area contributed by atoms with Crippen LogP contribution in [0.4, 0.5) is 13.2 Å². The number of nitrogens with zero attached hydrogens (tertiary/aromatic N) is 2. The molecule has 2 rings (SSSR count). The second-order valence-corrected chi connectivity index (χ2v) is 4.10. The summed E-state index contributed by atoms with van der Waals surface area (Å²) in [5, 5.41) is 5.93. The molecule has 1 aromatic heterocycles. The highest BCUT2D eigenvalue weighted by atomic mass is 19.4. The first-order valence-corrected chi connectivity index (χ1v) is 5.61. The van der Waals surface area contributed by atoms with E-state index in [2.05, 4.69) is 15.5 Å². The van der Waals surface area contributed by atoms with E-state index in [0.29, 0.717) is 5.82 Å². The lowest BCUT2D eigenvalue weighted by Crippen LogP contribution is -2.28. The molecule has 2 aromatic rings. The number of nitrogens with one attached hydrogen (secondary N) is 1. The van der Waals surface area contributed by atoms with E-state index in [0.717, 1.165) is 11.1 Å². The number of halogens is 3. The van der Waals surface area contributed by atoms with E-state index in [1.165, 1.54) is 0 Å². The molecule has 0 aliphatic rings. The summed E-state index contributed by atoms with van der Waals surface area (Å²) in [6.45, 7) is 0.725. The van der Waals surface area contributed by atoms with Gasteiger partial charge in [-0.3, -0.25) is 0 Å². The molecule has 0 radical (unpaired) electrons. The molecule has 4 nitrogen and oxygen atoms in total. The second-order valence-electron chi connectivity index (χ2n) is 4.10. The van der Waals surface area contributed by atoms with Crippen molar-refractivity contribution < 1.29 is 17.7 Å². The van der Waals surface area contributed by atoms with Gasteiger partial charge < -0.3 is 9.84 Å². The number of aromatic nitrogens is 2. The van der Waals surface area contributed by atoms with Crippen molar-refractivity contribution in [2.24, 2.45) is 0 Å². The average Bonchev–Trinajstić information content (AvgIpc) is 2.76. The Kier molecular flexibility index (Phi) is 3.84. The molecule has 0 spiro atoms. The molecule has 0 aliphatic heterocycles. The summed E-state index contributed by atoms with van der Waals surface area (Å²) in [4.78, 5) is 4.03. The van der Waals surface area contributed by atoms with Gasteiger partial charge in [-0.05, 0) is 13.0 Å². The van der Waals surface area contributed by atoms with E-state index in [1.807, 2.05) is 31.2 Å². The van der Waals surface area contributed by atoms with Crippen LogP contribution < -0.4 is 5.32 Å². The summed E-state index contributed by atoms with van der Waals surface area (Å²) >= 11 is 0. The van der Waals surface area contributed by atoms with E-state index in [1.54, 1.807) is 0 Å². The van der Waals surface area contributed by atoms with Crippen molar-refractivity contribution in [2.45, 2.75) is 19.6 Å². The number of benzene rings is 1. The fourth-order valence-corrected chi connectivity index (χ4v) is 1.54.